The van der Waals surface area contributed by atoms with E-state index in [4.69, 9.17) is 0 Å². The average Bonchev–Trinajstić information content (AvgIpc) is 2.55. The summed E-state index contributed by atoms with van der Waals surface area (Å²) < 4.78 is 0. The molecule has 1 aromatic rings. The molecule has 2 amide bonds. The molecule has 1 unspecified atom stereocenters. The zero-order valence-electron chi connectivity index (χ0n) is 13.7. The summed E-state index contributed by atoms with van der Waals surface area (Å²) in [4.78, 5) is 24.1. The van der Waals surface area contributed by atoms with E-state index in [-0.39, 0.29) is 28.9 Å². The fraction of sp³-hybridized carbons (Fsp3) is 0.529. The van der Waals surface area contributed by atoms with Crippen LogP contribution in [0.3, 0.4) is 0 Å². The second-order valence-corrected chi connectivity index (χ2v) is 7.25. The van der Waals surface area contributed by atoms with Crippen molar-refractivity contribution >= 4 is 29.3 Å². The van der Waals surface area contributed by atoms with E-state index >= 15 is 0 Å². The van der Waals surface area contributed by atoms with E-state index in [0.29, 0.717) is 0 Å². The molecule has 126 valence electrons. The number of nitrogens with one attached hydrogen (secondary N) is 3. The van der Waals surface area contributed by atoms with Crippen molar-refractivity contribution in [2.75, 3.05) is 24.2 Å². The van der Waals surface area contributed by atoms with Crippen LogP contribution in [0.1, 0.15) is 25.3 Å². The Morgan fingerprint density at radius 1 is 1.35 bits per heavy atom. The van der Waals surface area contributed by atoms with Crippen molar-refractivity contribution in [2.45, 2.75) is 38.0 Å². The van der Waals surface area contributed by atoms with Crippen molar-refractivity contribution in [2.24, 2.45) is 0 Å². The monoisotopic (exact) mass is 335 g/mol. The van der Waals surface area contributed by atoms with Crippen LogP contribution in [-0.4, -0.2) is 41.9 Å². The highest BCUT2D eigenvalue weighted by atomic mass is 32.2. The van der Waals surface area contributed by atoms with Crippen LogP contribution >= 0.6 is 11.8 Å². The van der Waals surface area contributed by atoms with Gasteiger partial charge in [0, 0.05) is 18.3 Å². The van der Waals surface area contributed by atoms with Gasteiger partial charge in [0.1, 0.15) is 0 Å². The van der Waals surface area contributed by atoms with Crippen LogP contribution in [0.25, 0.3) is 0 Å². The highest BCUT2D eigenvalue weighted by molar-refractivity contribution is 8.01. The Balaban J connectivity index is 1.70. The highest BCUT2D eigenvalue weighted by Gasteiger charge is 2.20. The molecule has 1 aliphatic rings. The number of aryl methyl sites for hydroxylation is 1. The number of thioether (sulfide) groups is 1. The number of anilines is 1. The van der Waals surface area contributed by atoms with E-state index in [9.17, 15) is 9.59 Å². The van der Waals surface area contributed by atoms with Crippen LogP contribution in [-0.2, 0) is 9.59 Å². The van der Waals surface area contributed by atoms with Gasteiger partial charge in [0.05, 0.1) is 11.0 Å². The predicted molar refractivity (Wildman–Crippen MR) is 95.8 cm³/mol. The third-order valence-electron chi connectivity index (χ3n) is 3.81. The standard InChI is InChI=1S/C17H25N3O2S/c1-12-5-7-14(8-6-12)19-16(21)11-23-13(2)17(22)20-15-4-3-9-18-10-15/h5-8,13,15,18H,3-4,9-11H2,1-2H3,(H,19,21)(H,20,22)/t13?,15-/m0/s1. The number of hydrogen-bond acceptors (Lipinski definition) is 4. The SMILES string of the molecule is Cc1ccc(NC(=O)CSC(C)C(=O)N[C@H]2CCCNC2)cc1. The largest absolute Gasteiger partial charge is 0.351 e. The lowest BCUT2D eigenvalue weighted by molar-refractivity contribution is -0.121. The topological polar surface area (TPSA) is 70.2 Å². The van der Waals surface area contributed by atoms with Gasteiger partial charge in [-0.1, -0.05) is 17.7 Å². The fourth-order valence-electron chi connectivity index (χ4n) is 2.40. The lowest BCUT2D eigenvalue weighted by Crippen LogP contribution is -2.47. The maximum Gasteiger partial charge on any atom is 0.234 e. The summed E-state index contributed by atoms with van der Waals surface area (Å²) in [6.07, 6.45) is 2.11. The van der Waals surface area contributed by atoms with Gasteiger partial charge in [0.15, 0.2) is 0 Å². The van der Waals surface area contributed by atoms with Crippen LogP contribution in [0.15, 0.2) is 24.3 Å². The van der Waals surface area contributed by atoms with Crippen molar-refractivity contribution in [1.82, 2.24) is 10.6 Å². The van der Waals surface area contributed by atoms with Crippen molar-refractivity contribution < 1.29 is 9.59 Å². The number of piperidine rings is 1. The molecular formula is C17H25N3O2S. The number of rotatable bonds is 6. The molecule has 1 fully saturated rings. The first kappa shape index (κ1) is 17.8. The van der Waals surface area contributed by atoms with Gasteiger partial charge in [-0.25, -0.2) is 0 Å². The van der Waals surface area contributed by atoms with Crippen molar-refractivity contribution in [1.29, 1.82) is 0 Å². The average molecular weight is 335 g/mol. The zero-order chi connectivity index (χ0) is 16.7. The molecule has 5 nitrogen and oxygen atoms in total. The molecule has 23 heavy (non-hydrogen) atoms. The molecule has 0 radical (unpaired) electrons. The first-order valence-corrected chi connectivity index (χ1v) is 9.08. The van der Waals surface area contributed by atoms with Gasteiger partial charge in [-0.3, -0.25) is 9.59 Å². The Morgan fingerprint density at radius 3 is 2.74 bits per heavy atom. The summed E-state index contributed by atoms with van der Waals surface area (Å²) in [6, 6.07) is 7.88. The normalized spacial score (nSPS) is 19.0. The second-order valence-electron chi connectivity index (χ2n) is 5.92. The summed E-state index contributed by atoms with van der Waals surface area (Å²) in [7, 11) is 0. The van der Waals surface area contributed by atoms with Crippen LogP contribution in [0, 0.1) is 6.92 Å². The van der Waals surface area contributed by atoms with E-state index in [0.717, 1.165) is 37.2 Å². The summed E-state index contributed by atoms with van der Waals surface area (Å²) in [5.41, 5.74) is 1.94. The minimum absolute atomic E-state index is 0.00633. The number of carbonyl (C=O) groups excluding carboxylic acids is 2. The van der Waals surface area contributed by atoms with E-state index < -0.39 is 0 Å². The molecule has 1 heterocycles. The van der Waals surface area contributed by atoms with Gasteiger partial charge in [0.2, 0.25) is 11.8 Å². The summed E-state index contributed by atoms with van der Waals surface area (Å²) >= 11 is 1.36. The molecular weight excluding hydrogens is 310 g/mol. The first-order valence-electron chi connectivity index (χ1n) is 8.04. The van der Waals surface area contributed by atoms with Gasteiger partial charge in [0.25, 0.3) is 0 Å². The van der Waals surface area contributed by atoms with E-state index in [1.54, 1.807) is 0 Å². The van der Waals surface area contributed by atoms with Gasteiger partial charge in [-0.2, -0.15) is 0 Å². The first-order chi connectivity index (χ1) is 11.0. The molecule has 1 saturated heterocycles. The van der Waals surface area contributed by atoms with Gasteiger partial charge in [-0.15, -0.1) is 11.8 Å². The molecule has 1 aliphatic heterocycles. The minimum Gasteiger partial charge on any atom is -0.351 e. The Bertz CT molecular complexity index is 527. The van der Waals surface area contributed by atoms with Crippen molar-refractivity contribution in [3.05, 3.63) is 29.8 Å². The van der Waals surface area contributed by atoms with Gasteiger partial charge in [-0.05, 0) is 45.4 Å². The lowest BCUT2D eigenvalue weighted by Gasteiger charge is -2.25. The molecule has 2 rings (SSSR count). The molecule has 0 saturated carbocycles. The molecule has 6 heteroatoms. The van der Waals surface area contributed by atoms with Gasteiger partial charge < -0.3 is 16.0 Å². The Hall–Kier alpha value is -1.53. The molecule has 3 N–H and O–H groups in total. The second kappa shape index (κ2) is 8.93. The van der Waals surface area contributed by atoms with Crippen molar-refractivity contribution in [3.8, 4) is 0 Å². The molecule has 1 aromatic carbocycles. The number of benzene rings is 1. The van der Waals surface area contributed by atoms with E-state index in [1.807, 2.05) is 38.1 Å². The number of carbonyl (C=O) groups is 2. The van der Waals surface area contributed by atoms with Gasteiger partial charge >= 0.3 is 0 Å². The maximum atomic E-state index is 12.1. The lowest BCUT2D eigenvalue weighted by atomic mass is 10.1. The molecule has 0 aliphatic carbocycles. The molecule has 2 atom stereocenters. The minimum atomic E-state index is -0.235. The fourth-order valence-corrected chi connectivity index (χ4v) is 3.10. The molecule has 0 bridgehead atoms. The van der Waals surface area contributed by atoms with Crippen LogP contribution in [0.4, 0.5) is 5.69 Å². The molecule has 0 spiro atoms. The summed E-state index contributed by atoms with van der Waals surface area (Å²) in [6.45, 7) is 5.70. The summed E-state index contributed by atoms with van der Waals surface area (Å²) in [5, 5.41) is 8.93. The smallest absolute Gasteiger partial charge is 0.234 e. The van der Waals surface area contributed by atoms with Crippen LogP contribution in [0.5, 0.6) is 0 Å². The zero-order valence-corrected chi connectivity index (χ0v) is 14.5. The Kier molecular flexibility index (Phi) is 6.92. The van der Waals surface area contributed by atoms with E-state index in [1.165, 1.54) is 11.8 Å². The third-order valence-corrected chi connectivity index (χ3v) is 4.96. The quantitative estimate of drug-likeness (QED) is 0.743. The number of hydrogen-bond donors (Lipinski definition) is 3. The van der Waals surface area contributed by atoms with E-state index in [2.05, 4.69) is 16.0 Å². The Morgan fingerprint density at radius 2 is 2.09 bits per heavy atom. The van der Waals surface area contributed by atoms with Crippen molar-refractivity contribution in [3.63, 3.8) is 0 Å². The summed E-state index contributed by atoms with van der Waals surface area (Å²) in [5.74, 6) is 0.190. The van der Waals surface area contributed by atoms with Crippen LogP contribution < -0.4 is 16.0 Å². The van der Waals surface area contributed by atoms with Crippen LogP contribution in [0.2, 0.25) is 0 Å². The maximum absolute atomic E-state index is 12.1. The molecule has 0 aromatic heterocycles. The predicted octanol–water partition coefficient (Wildman–Crippen LogP) is 1.92. The number of amides is 2. The third kappa shape index (κ3) is 6.23. The highest BCUT2D eigenvalue weighted by Crippen LogP contribution is 2.14. The Labute approximate surface area is 142 Å².